The second-order valence-corrected chi connectivity index (χ2v) is 6.69. The van der Waals surface area contributed by atoms with Crippen LogP contribution >= 0.6 is 0 Å². The molecule has 0 aromatic carbocycles. The number of rotatable bonds is 3. The van der Waals surface area contributed by atoms with E-state index in [4.69, 9.17) is 5.26 Å². The van der Waals surface area contributed by atoms with Crippen molar-refractivity contribution in [2.24, 2.45) is 11.8 Å². The summed E-state index contributed by atoms with van der Waals surface area (Å²) < 4.78 is 13.7. The first-order chi connectivity index (χ1) is 12.6. The van der Waals surface area contributed by atoms with Gasteiger partial charge in [0.2, 0.25) is 17.7 Å². The van der Waals surface area contributed by atoms with Gasteiger partial charge >= 0.3 is 0 Å². The van der Waals surface area contributed by atoms with Crippen LogP contribution in [-0.4, -0.2) is 46.1 Å². The second kappa shape index (κ2) is 6.37. The number of aryl methyl sites for hydroxylation is 1. The average molecular weight is 355 g/mol. The van der Waals surface area contributed by atoms with Gasteiger partial charge < -0.3 is 9.80 Å². The molecule has 4 rings (SSSR count). The number of H-pyrrole nitrogens is 1. The van der Waals surface area contributed by atoms with Crippen LogP contribution in [0.15, 0.2) is 17.1 Å². The van der Waals surface area contributed by atoms with Crippen LogP contribution in [0, 0.1) is 29.0 Å². The second-order valence-electron chi connectivity index (χ2n) is 6.69. The molecule has 134 valence electrons. The van der Waals surface area contributed by atoms with E-state index in [-0.39, 0.29) is 5.69 Å². The highest BCUT2D eigenvalue weighted by molar-refractivity contribution is 5.40. The third kappa shape index (κ3) is 2.77. The number of nitrogens with zero attached hydrogens (tertiary/aromatic N) is 6. The summed E-state index contributed by atoms with van der Waals surface area (Å²) in [6.45, 7) is 4.80. The highest BCUT2D eigenvalue weighted by Gasteiger charge is 2.41. The smallest absolute Gasteiger partial charge is 0.288 e. The number of halogens is 1. The average Bonchev–Trinajstić information content (AvgIpc) is 3.23. The van der Waals surface area contributed by atoms with Gasteiger partial charge in [-0.3, -0.25) is 9.78 Å². The van der Waals surface area contributed by atoms with Gasteiger partial charge in [-0.1, -0.05) is 6.92 Å². The fourth-order valence-corrected chi connectivity index (χ4v) is 3.77. The van der Waals surface area contributed by atoms with Gasteiger partial charge in [0.1, 0.15) is 11.8 Å². The molecule has 2 saturated heterocycles. The minimum atomic E-state index is -0.795. The van der Waals surface area contributed by atoms with Crippen molar-refractivity contribution in [3.05, 3.63) is 39.8 Å². The Hall–Kier alpha value is -3.02. The van der Waals surface area contributed by atoms with Gasteiger partial charge in [0.05, 0.1) is 5.69 Å². The van der Waals surface area contributed by atoms with Gasteiger partial charge in [0.15, 0.2) is 0 Å². The molecule has 0 spiro atoms. The van der Waals surface area contributed by atoms with E-state index in [1.807, 2.05) is 11.0 Å². The maximum atomic E-state index is 13.7. The van der Waals surface area contributed by atoms with Gasteiger partial charge in [-0.15, -0.1) is 0 Å². The van der Waals surface area contributed by atoms with Crippen molar-refractivity contribution in [1.82, 2.24) is 19.9 Å². The molecular weight excluding hydrogens is 337 g/mol. The molecule has 2 unspecified atom stereocenters. The summed E-state index contributed by atoms with van der Waals surface area (Å²) in [5, 5.41) is 8.98. The quantitative estimate of drug-likeness (QED) is 0.865. The summed E-state index contributed by atoms with van der Waals surface area (Å²) in [6, 6.07) is 3.62. The summed E-state index contributed by atoms with van der Waals surface area (Å²) in [5.74, 6) is 0.981. The molecule has 0 amide bonds. The molecule has 2 aromatic rings. The monoisotopic (exact) mass is 355 g/mol. The Morgan fingerprint density at radius 2 is 1.96 bits per heavy atom. The van der Waals surface area contributed by atoms with Crippen molar-refractivity contribution in [2.75, 3.05) is 36.0 Å². The predicted molar refractivity (Wildman–Crippen MR) is 92.3 cm³/mol. The van der Waals surface area contributed by atoms with Gasteiger partial charge in [-0.25, -0.2) is 15.0 Å². The summed E-state index contributed by atoms with van der Waals surface area (Å²) in [7, 11) is 0. The van der Waals surface area contributed by atoms with Crippen LogP contribution < -0.4 is 15.4 Å². The van der Waals surface area contributed by atoms with Gasteiger partial charge in [0.25, 0.3) is 5.56 Å². The molecule has 2 aliphatic rings. The Balaban J connectivity index is 1.49. The first-order valence-electron chi connectivity index (χ1n) is 8.60. The van der Waals surface area contributed by atoms with Crippen LogP contribution in [0.5, 0.6) is 0 Å². The number of anilines is 2. The fraction of sp³-hybridized carbons (Fsp3) is 0.471. The van der Waals surface area contributed by atoms with E-state index < -0.39 is 11.4 Å². The van der Waals surface area contributed by atoms with Crippen molar-refractivity contribution < 1.29 is 4.39 Å². The summed E-state index contributed by atoms with van der Waals surface area (Å²) in [5.41, 5.74) is -0.162. The maximum absolute atomic E-state index is 13.7. The minimum absolute atomic E-state index is 0.198. The molecule has 2 fully saturated rings. The van der Waals surface area contributed by atoms with Crippen LogP contribution in [0.25, 0.3) is 0 Å². The SMILES string of the molecule is CCc1nc(N2CC3CN(c4nccc(C#N)n4)CC3C2)[nH]c(=O)c1F. The van der Waals surface area contributed by atoms with Crippen LogP contribution in [0.4, 0.5) is 16.3 Å². The van der Waals surface area contributed by atoms with E-state index in [0.29, 0.717) is 35.8 Å². The molecular formula is C17H18FN7O. The number of nitriles is 1. The molecule has 1 N–H and O–H groups in total. The molecule has 8 nitrogen and oxygen atoms in total. The number of hydrogen-bond acceptors (Lipinski definition) is 7. The Labute approximate surface area is 149 Å². The number of nitrogens with one attached hydrogen (secondary N) is 1. The van der Waals surface area contributed by atoms with Gasteiger partial charge in [0, 0.05) is 44.2 Å². The maximum Gasteiger partial charge on any atom is 0.288 e. The number of hydrogen-bond donors (Lipinski definition) is 1. The lowest BCUT2D eigenvalue weighted by molar-refractivity contribution is 0.533. The summed E-state index contributed by atoms with van der Waals surface area (Å²) >= 11 is 0. The Kier molecular flexibility index (Phi) is 4.03. The van der Waals surface area contributed by atoms with E-state index in [2.05, 4.69) is 24.8 Å². The van der Waals surface area contributed by atoms with Crippen molar-refractivity contribution in [3.8, 4) is 6.07 Å². The first kappa shape index (κ1) is 16.4. The van der Waals surface area contributed by atoms with Crippen LogP contribution in [0.1, 0.15) is 18.3 Å². The normalized spacial score (nSPS) is 21.7. The summed E-state index contributed by atoms with van der Waals surface area (Å²) in [4.78, 5) is 31.2. The van der Waals surface area contributed by atoms with Crippen molar-refractivity contribution in [3.63, 3.8) is 0 Å². The first-order valence-corrected chi connectivity index (χ1v) is 8.60. The van der Waals surface area contributed by atoms with E-state index >= 15 is 0 Å². The van der Waals surface area contributed by atoms with Gasteiger partial charge in [-0.05, 0) is 12.5 Å². The molecule has 4 heterocycles. The number of aromatic nitrogens is 4. The lowest BCUT2D eigenvalue weighted by atomic mass is 10.0. The molecule has 26 heavy (non-hydrogen) atoms. The molecule has 0 radical (unpaired) electrons. The molecule has 9 heteroatoms. The molecule has 0 bridgehead atoms. The molecule has 2 aliphatic heterocycles. The Bertz CT molecular complexity index is 923. The lowest BCUT2D eigenvalue weighted by Crippen LogP contribution is -2.32. The lowest BCUT2D eigenvalue weighted by Gasteiger charge is -2.22. The molecule has 0 saturated carbocycles. The van der Waals surface area contributed by atoms with E-state index in [0.717, 1.165) is 26.2 Å². The highest BCUT2D eigenvalue weighted by Crippen LogP contribution is 2.34. The van der Waals surface area contributed by atoms with Gasteiger partial charge in [-0.2, -0.15) is 9.65 Å². The zero-order valence-corrected chi connectivity index (χ0v) is 14.3. The fourth-order valence-electron chi connectivity index (χ4n) is 3.77. The van der Waals surface area contributed by atoms with Crippen molar-refractivity contribution in [2.45, 2.75) is 13.3 Å². The summed E-state index contributed by atoms with van der Waals surface area (Å²) in [6.07, 6.45) is 1.98. The van der Waals surface area contributed by atoms with E-state index in [1.165, 1.54) is 0 Å². The molecule has 2 aromatic heterocycles. The van der Waals surface area contributed by atoms with Crippen molar-refractivity contribution in [1.29, 1.82) is 5.26 Å². The predicted octanol–water partition coefficient (Wildman–Crippen LogP) is 0.706. The molecule has 2 atom stereocenters. The topological polar surface area (TPSA) is 102 Å². The zero-order chi connectivity index (χ0) is 18.3. The zero-order valence-electron chi connectivity index (χ0n) is 14.3. The third-order valence-corrected chi connectivity index (χ3v) is 5.08. The minimum Gasteiger partial charge on any atom is -0.342 e. The van der Waals surface area contributed by atoms with Crippen molar-refractivity contribution >= 4 is 11.9 Å². The van der Waals surface area contributed by atoms with Crippen LogP contribution in [0.2, 0.25) is 0 Å². The van der Waals surface area contributed by atoms with Crippen LogP contribution in [-0.2, 0) is 6.42 Å². The molecule has 0 aliphatic carbocycles. The van der Waals surface area contributed by atoms with E-state index in [1.54, 1.807) is 19.2 Å². The standard InChI is InChI=1S/C17H18FN7O/c1-2-13-14(18)15(26)23-17(22-13)25-8-10-6-24(7-11(10)9-25)16-20-4-3-12(5-19)21-16/h3-4,10-11H,2,6-9H2,1H3,(H,22,23,26). The number of fused-ring (bicyclic) bond motifs is 1. The number of aromatic amines is 1. The third-order valence-electron chi connectivity index (χ3n) is 5.08. The van der Waals surface area contributed by atoms with Crippen LogP contribution in [0.3, 0.4) is 0 Å². The highest BCUT2D eigenvalue weighted by atomic mass is 19.1. The Morgan fingerprint density at radius 3 is 2.62 bits per heavy atom. The largest absolute Gasteiger partial charge is 0.342 e. The van der Waals surface area contributed by atoms with E-state index in [9.17, 15) is 9.18 Å². The Morgan fingerprint density at radius 1 is 1.27 bits per heavy atom.